The van der Waals surface area contributed by atoms with E-state index in [9.17, 15) is 8.42 Å². The molecule has 1 aliphatic rings. The van der Waals surface area contributed by atoms with E-state index >= 15 is 0 Å². The predicted octanol–water partition coefficient (Wildman–Crippen LogP) is 10.3. The lowest BCUT2D eigenvalue weighted by atomic mass is 10.0. The summed E-state index contributed by atoms with van der Waals surface area (Å²) in [6.07, 6.45) is 0. The van der Waals surface area contributed by atoms with Crippen LogP contribution in [0.1, 0.15) is 0 Å². The number of hydrogen-bond donors (Lipinski definition) is 0. The lowest BCUT2D eigenvalue weighted by Gasteiger charge is -2.33. The van der Waals surface area contributed by atoms with Gasteiger partial charge in [-0.3, -0.25) is 0 Å². The van der Waals surface area contributed by atoms with Gasteiger partial charge in [-0.2, -0.15) is 0 Å². The third-order valence-corrected chi connectivity index (χ3v) is 11.5. The molecule has 0 aliphatic carbocycles. The molecule has 2 aromatic heterocycles. The predicted molar refractivity (Wildman–Crippen MR) is 182 cm³/mol. The minimum atomic E-state index is -3.74. The van der Waals surface area contributed by atoms with Crippen LogP contribution in [0.2, 0.25) is 0 Å². The summed E-state index contributed by atoms with van der Waals surface area (Å²) in [4.78, 5) is 2.67. The van der Waals surface area contributed by atoms with Crippen LogP contribution in [0.15, 0.2) is 155 Å². The van der Waals surface area contributed by atoms with Gasteiger partial charge in [-0.05, 0) is 77.9 Å². The molecule has 9 rings (SSSR count). The number of anilines is 3. The number of aromatic nitrogens is 1. The van der Waals surface area contributed by atoms with E-state index in [0.717, 1.165) is 33.4 Å². The molecule has 0 saturated heterocycles. The Morgan fingerprint density at radius 2 is 1.16 bits per heavy atom. The summed E-state index contributed by atoms with van der Waals surface area (Å²) in [5, 5.41) is 2.38. The number of nitrogens with zero attached hydrogens (tertiary/aromatic N) is 2. The van der Waals surface area contributed by atoms with Crippen molar-refractivity contribution in [3.63, 3.8) is 0 Å². The van der Waals surface area contributed by atoms with Gasteiger partial charge in [0.15, 0.2) is 0 Å². The third-order valence-electron chi connectivity index (χ3n) is 8.52. The number of benzene rings is 6. The fourth-order valence-electron chi connectivity index (χ4n) is 6.56. The van der Waals surface area contributed by atoms with Crippen molar-refractivity contribution in [1.82, 2.24) is 4.57 Å². The number of fused-ring (bicyclic) bond motifs is 7. The largest absolute Gasteiger partial charge is 0.308 e. The smallest absolute Gasteiger partial charge is 0.210 e. The van der Waals surface area contributed by atoms with Gasteiger partial charge in [0.1, 0.15) is 0 Å². The van der Waals surface area contributed by atoms with E-state index in [1.807, 2.05) is 71.6 Å². The highest BCUT2D eigenvalue weighted by Crippen LogP contribution is 2.49. The van der Waals surface area contributed by atoms with Crippen molar-refractivity contribution in [2.24, 2.45) is 0 Å². The molecular weight excluding hydrogens is 581 g/mol. The molecule has 210 valence electrons. The van der Waals surface area contributed by atoms with Gasteiger partial charge < -0.3 is 9.47 Å². The minimum Gasteiger partial charge on any atom is -0.308 e. The molecule has 6 heteroatoms. The fourth-order valence-corrected chi connectivity index (χ4v) is 9.42. The van der Waals surface area contributed by atoms with Crippen molar-refractivity contribution in [1.29, 1.82) is 0 Å². The lowest BCUT2D eigenvalue weighted by molar-refractivity contribution is 0.595. The van der Waals surface area contributed by atoms with Gasteiger partial charge in [0.25, 0.3) is 0 Å². The van der Waals surface area contributed by atoms with E-state index in [4.69, 9.17) is 0 Å². The summed E-state index contributed by atoms with van der Waals surface area (Å²) >= 11 is 1.80. The molecule has 8 aromatic rings. The van der Waals surface area contributed by atoms with Gasteiger partial charge in [0, 0.05) is 26.8 Å². The third kappa shape index (κ3) is 3.59. The van der Waals surface area contributed by atoms with Crippen molar-refractivity contribution in [3.05, 3.63) is 146 Å². The molecule has 0 bridgehead atoms. The van der Waals surface area contributed by atoms with Crippen molar-refractivity contribution in [3.8, 4) is 16.8 Å². The maximum absolute atomic E-state index is 14.1. The highest BCUT2D eigenvalue weighted by Gasteiger charge is 2.35. The maximum atomic E-state index is 14.1. The summed E-state index contributed by atoms with van der Waals surface area (Å²) in [7, 11) is -3.74. The van der Waals surface area contributed by atoms with E-state index in [1.54, 1.807) is 23.5 Å². The van der Waals surface area contributed by atoms with E-state index < -0.39 is 9.84 Å². The molecule has 0 spiro atoms. The van der Waals surface area contributed by atoms with Crippen molar-refractivity contribution in [2.45, 2.75) is 9.79 Å². The quantitative estimate of drug-likeness (QED) is 0.202. The standard InChI is InChI=1S/C38H24N2O2S2/c41-44(42)35-18-10-8-16-32(35)39(27-11-3-1-4-12-27)33-22-20-26(24-36(33)44)25-19-21-31-30(23-25)38-37(29-15-7-9-17-34(29)43-38)40(31)28-13-5-2-6-14-28/h1-24H. The second-order valence-corrected chi connectivity index (χ2v) is 13.9. The number of rotatable bonds is 3. The van der Waals surface area contributed by atoms with Crippen LogP contribution in [0.4, 0.5) is 17.1 Å². The molecule has 0 N–H and O–H groups in total. The zero-order valence-corrected chi connectivity index (χ0v) is 25.0. The van der Waals surface area contributed by atoms with E-state index in [2.05, 4.69) is 71.3 Å². The number of sulfone groups is 1. The summed E-state index contributed by atoms with van der Waals surface area (Å²) in [5.74, 6) is 0. The molecule has 4 nitrogen and oxygen atoms in total. The molecule has 0 radical (unpaired) electrons. The van der Waals surface area contributed by atoms with Crippen LogP contribution in [0, 0.1) is 0 Å². The van der Waals surface area contributed by atoms with Crippen LogP contribution in [-0.2, 0) is 9.84 Å². The molecule has 44 heavy (non-hydrogen) atoms. The Morgan fingerprint density at radius 1 is 0.523 bits per heavy atom. The summed E-state index contributed by atoms with van der Waals surface area (Å²) in [5.41, 5.74) is 7.52. The van der Waals surface area contributed by atoms with Crippen molar-refractivity contribution >= 4 is 69.4 Å². The summed E-state index contributed by atoms with van der Waals surface area (Å²) in [6, 6.07) is 48.5. The molecule has 0 atom stereocenters. The zero-order chi connectivity index (χ0) is 29.4. The molecule has 6 aromatic carbocycles. The zero-order valence-electron chi connectivity index (χ0n) is 23.4. The Hall–Kier alpha value is -5.17. The molecular formula is C38H24N2O2S2. The second kappa shape index (κ2) is 9.41. The van der Waals surface area contributed by atoms with Gasteiger partial charge in [0.2, 0.25) is 9.84 Å². The number of hydrogen-bond acceptors (Lipinski definition) is 4. The van der Waals surface area contributed by atoms with E-state index in [1.165, 1.54) is 20.3 Å². The van der Waals surface area contributed by atoms with Gasteiger partial charge in [0.05, 0.1) is 36.9 Å². The van der Waals surface area contributed by atoms with Gasteiger partial charge in [-0.15, -0.1) is 11.3 Å². The first-order valence-electron chi connectivity index (χ1n) is 14.4. The topological polar surface area (TPSA) is 42.3 Å². The minimum absolute atomic E-state index is 0.312. The van der Waals surface area contributed by atoms with Crippen molar-refractivity contribution < 1.29 is 8.42 Å². The Labute approximate surface area is 258 Å². The van der Waals surface area contributed by atoms with Crippen LogP contribution in [0.3, 0.4) is 0 Å². The molecule has 0 saturated carbocycles. The Balaban J connectivity index is 1.28. The highest BCUT2D eigenvalue weighted by atomic mass is 32.2. The molecule has 3 heterocycles. The number of para-hydroxylation sites is 3. The fraction of sp³-hybridized carbons (Fsp3) is 0. The molecule has 0 amide bonds. The number of thiophene rings is 1. The Morgan fingerprint density at radius 3 is 1.98 bits per heavy atom. The van der Waals surface area contributed by atoms with Gasteiger partial charge in [-0.1, -0.05) is 78.9 Å². The van der Waals surface area contributed by atoms with Crippen LogP contribution < -0.4 is 4.90 Å². The van der Waals surface area contributed by atoms with Crippen molar-refractivity contribution in [2.75, 3.05) is 4.90 Å². The highest BCUT2D eigenvalue weighted by molar-refractivity contribution is 7.92. The Kier molecular flexibility index (Phi) is 5.42. The lowest BCUT2D eigenvalue weighted by Crippen LogP contribution is -2.22. The molecule has 1 aliphatic heterocycles. The van der Waals surface area contributed by atoms with Crippen LogP contribution >= 0.6 is 11.3 Å². The normalized spacial score (nSPS) is 13.8. The van der Waals surface area contributed by atoms with E-state index in [0.29, 0.717) is 21.2 Å². The van der Waals surface area contributed by atoms with Gasteiger partial charge >= 0.3 is 0 Å². The second-order valence-electron chi connectivity index (χ2n) is 11.0. The van der Waals surface area contributed by atoms with Crippen LogP contribution in [0.5, 0.6) is 0 Å². The average molecular weight is 605 g/mol. The first kappa shape index (κ1) is 25.3. The van der Waals surface area contributed by atoms with E-state index in [-0.39, 0.29) is 0 Å². The molecule has 0 fully saturated rings. The maximum Gasteiger partial charge on any atom is 0.210 e. The monoisotopic (exact) mass is 604 g/mol. The SMILES string of the molecule is O=S1(=O)c2ccccc2N(c2ccccc2)c2ccc(-c3ccc4c(c3)c3sc5ccccc5c3n4-c3ccccc3)cc21. The Bertz CT molecular complexity index is 2510. The molecule has 0 unspecified atom stereocenters. The van der Waals surface area contributed by atoms with Gasteiger partial charge in [-0.25, -0.2) is 8.42 Å². The summed E-state index contributed by atoms with van der Waals surface area (Å²) < 4.78 is 33.0. The van der Waals surface area contributed by atoms with Crippen LogP contribution in [-0.4, -0.2) is 13.0 Å². The van der Waals surface area contributed by atoms with Crippen LogP contribution in [0.25, 0.3) is 48.0 Å². The average Bonchev–Trinajstić information content (AvgIpc) is 3.60. The first-order chi connectivity index (χ1) is 21.6. The summed E-state index contributed by atoms with van der Waals surface area (Å²) in [6.45, 7) is 0. The first-order valence-corrected chi connectivity index (χ1v) is 16.7.